The zero-order valence-electron chi connectivity index (χ0n) is 11.0. The number of hydrogen-bond donors (Lipinski definition) is 1. The van der Waals surface area contributed by atoms with Crippen LogP contribution in [0.3, 0.4) is 0 Å². The minimum atomic E-state index is -4.34. The predicted octanol–water partition coefficient (Wildman–Crippen LogP) is 2.24. The summed E-state index contributed by atoms with van der Waals surface area (Å²) in [5.74, 6) is 0.477. The van der Waals surface area contributed by atoms with E-state index >= 15 is 0 Å². The Kier molecular flexibility index (Phi) is 4.92. The van der Waals surface area contributed by atoms with Crippen molar-refractivity contribution < 1.29 is 22.4 Å². The first kappa shape index (κ1) is 15.5. The molecule has 0 aliphatic heterocycles. The Balaban J connectivity index is 1.87. The molecule has 1 aromatic heterocycles. The van der Waals surface area contributed by atoms with Crippen LogP contribution in [0.15, 0.2) is 34.9 Å². The molecule has 0 saturated carbocycles. The average molecular weight is 301 g/mol. The molecule has 5 nitrogen and oxygen atoms in total. The maximum Gasteiger partial charge on any atom is 0.411 e. The molecule has 8 heteroatoms. The number of aromatic nitrogens is 2. The minimum absolute atomic E-state index is 0.126. The molecular formula is C13H14F3N3O2. The fourth-order valence-electron chi connectivity index (χ4n) is 1.65. The van der Waals surface area contributed by atoms with Crippen LogP contribution in [-0.2, 0) is 11.2 Å². The summed E-state index contributed by atoms with van der Waals surface area (Å²) in [6.45, 7) is -1.43. The van der Waals surface area contributed by atoms with E-state index in [9.17, 15) is 13.2 Å². The van der Waals surface area contributed by atoms with Crippen LogP contribution in [0.5, 0.6) is 0 Å². The van der Waals surface area contributed by atoms with Crippen molar-refractivity contribution in [1.29, 1.82) is 0 Å². The number of benzene rings is 1. The fraction of sp³-hybridized carbons (Fsp3) is 0.385. The molecule has 114 valence electrons. The number of rotatable bonds is 6. The summed E-state index contributed by atoms with van der Waals surface area (Å²) in [7, 11) is 0. The fourth-order valence-corrected chi connectivity index (χ4v) is 1.65. The highest BCUT2D eigenvalue weighted by Gasteiger charge is 2.27. The summed E-state index contributed by atoms with van der Waals surface area (Å²) < 4.78 is 45.2. The van der Waals surface area contributed by atoms with Gasteiger partial charge in [-0.15, -0.1) is 0 Å². The Hall–Kier alpha value is -1.93. The Labute approximate surface area is 118 Å². The third kappa shape index (κ3) is 4.83. The summed E-state index contributed by atoms with van der Waals surface area (Å²) in [5, 5.41) is 3.67. The van der Waals surface area contributed by atoms with Crippen molar-refractivity contribution >= 4 is 0 Å². The van der Waals surface area contributed by atoms with Crippen LogP contribution < -0.4 is 5.73 Å². The van der Waals surface area contributed by atoms with Gasteiger partial charge < -0.3 is 15.0 Å². The van der Waals surface area contributed by atoms with E-state index in [4.69, 9.17) is 10.3 Å². The first-order valence-electron chi connectivity index (χ1n) is 6.23. The first-order valence-corrected chi connectivity index (χ1v) is 6.23. The Morgan fingerprint density at radius 3 is 2.62 bits per heavy atom. The maximum atomic E-state index is 11.9. The average Bonchev–Trinajstić information content (AvgIpc) is 2.91. The number of hydrogen-bond acceptors (Lipinski definition) is 5. The van der Waals surface area contributed by atoms with Gasteiger partial charge in [-0.25, -0.2) is 0 Å². The molecule has 21 heavy (non-hydrogen) atoms. The predicted molar refractivity (Wildman–Crippen MR) is 67.3 cm³/mol. The van der Waals surface area contributed by atoms with Gasteiger partial charge in [0.05, 0.1) is 6.61 Å². The lowest BCUT2D eigenvalue weighted by Crippen LogP contribution is -2.18. The van der Waals surface area contributed by atoms with Crippen LogP contribution in [0.25, 0.3) is 0 Å². The molecule has 0 aliphatic carbocycles. The maximum absolute atomic E-state index is 11.9. The molecule has 0 aliphatic rings. The molecule has 2 aromatic rings. The lowest BCUT2D eigenvalue weighted by atomic mass is 10.1. The molecule has 0 spiro atoms. The molecule has 2 N–H and O–H groups in total. The van der Waals surface area contributed by atoms with Crippen molar-refractivity contribution in [1.82, 2.24) is 10.1 Å². The lowest BCUT2D eigenvalue weighted by molar-refractivity contribution is -0.173. The summed E-state index contributed by atoms with van der Waals surface area (Å²) in [5.41, 5.74) is 6.77. The van der Waals surface area contributed by atoms with E-state index in [1.165, 1.54) is 0 Å². The number of ether oxygens (including phenoxy) is 1. The highest BCUT2D eigenvalue weighted by Crippen LogP contribution is 2.18. The van der Waals surface area contributed by atoms with Gasteiger partial charge in [-0.05, 0) is 5.56 Å². The molecule has 0 saturated heterocycles. The SMILES string of the molecule is N[C@@H](c1ccccc1)c1nc(CCOCC(F)(F)F)no1. The van der Waals surface area contributed by atoms with Crippen molar-refractivity contribution in [3.8, 4) is 0 Å². The second-order valence-electron chi connectivity index (χ2n) is 4.35. The van der Waals surface area contributed by atoms with Crippen LogP contribution in [0.2, 0.25) is 0 Å². The van der Waals surface area contributed by atoms with Gasteiger partial charge in [0.25, 0.3) is 0 Å². The van der Waals surface area contributed by atoms with Crippen LogP contribution in [0.4, 0.5) is 13.2 Å². The smallest absolute Gasteiger partial charge is 0.372 e. The van der Waals surface area contributed by atoms with Crippen molar-refractivity contribution in [3.05, 3.63) is 47.6 Å². The Bertz CT molecular complexity index is 557. The monoisotopic (exact) mass is 301 g/mol. The second kappa shape index (κ2) is 6.68. The van der Waals surface area contributed by atoms with Crippen molar-refractivity contribution in [2.24, 2.45) is 5.73 Å². The number of nitrogens with two attached hydrogens (primary N) is 1. The summed E-state index contributed by atoms with van der Waals surface area (Å²) in [6, 6.07) is 8.59. The lowest BCUT2D eigenvalue weighted by Gasteiger charge is -2.06. The van der Waals surface area contributed by atoms with Gasteiger partial charge in [0.2, 0.25) is 5.89 Å². The van der Waals surface area contributed by atoms with Crippen molar-refractivity contribution in [3.63, 3.8) is 0 Å². The topological polar surface area (TPSA) is 74.2 Å². The van der Waals surface area contributed by atoms with Crippen LogP contribution in [-0.4, -0.2) is 29.5 Å². The highest BCUT2D eigenvalue weighted by atomic mass is 19.4. The van der Waals surface area contributed by atoms with Gasteiger partial charge in [-0.2, -0.15) is 18.2 Å². The Morgan fingerprint density at radius 2 is 1.95 bits per heavy atom. The third-order valence-corrected chi connectivity index (χ3v) is 2.64. The van der Waals surface area contributed by atoms with Gasteiger partial charge in [-0.1, -0.05) is 35.5 Å². The van der Waals surface area contributed by atoms with E-state index < -0.39 is 18.8 Å². The van der Waals surface area contributed by atoms with Crippen LogP contribution in [0.1, 0.15) is 23.3 Å². The Morgan fingerprint density at radius 1 is 1.24 bits per heavy atom. The van der Waals surface area contributed by atoms with Crippen molar-refractivity contribution in [2.45, 2.75) is 18.6 Å². The molecule has 2 rings (SSSR count). The third-order valence-electron chi connectivity index (χ3n) is 2.64. The molecule has 0 amide bonds. The number of alkyl halides is 3. The van der Waals surface area contributed by atoms with E-state index in [1.54, 1.807) is 0 Å². The van der Waals surface area contributed by atoms with Gasteiger partial charge in [0.15, 0.2) is 5.82 Å². The quantitative estimate of drug-likeness (QED) is 0.828. The van der Waals surface area contributed by atoms with Crippen LogP contribution in [0, 0.1) is 0 Å². The first-order chi connectivity index (χ1) is 9.96. The number of halogens is 3. The molecule has 0 radical (unpaired) electrons. The summed E-state index contributed by atoms with van der Waals surface area (Å²) in [6.07, 6.45) is -4.21. The molecule has 1 aromatic carbocycles. The molecule has 0 fully saturated rings. The van der Waals surface area contributed by atoms with Crippen molar-refractivity contribution in [2.75, 3.05) is 13.2 Å². The van der Waals surface area contributed by atoms with Gasteiger partial charge in [0, 0.05) is 6.42 Å². The number of nitrogens with zero attached hydrogens (tertiary/aromatic N) is 2. The zero-order valence-corrected chi connectivity index (χ0v) is 11.0. The zero-order chi connectivity index (χ0) is 15.3. The van der Waals surface area contributed by atoms with E-state index in [0.29, 0.717) is 0 Å². The molecule has 0 bridgehead atoms. The molecule has 1 atom stereocenters. The minimum Gasteiger partial charge on any atom is -0.372 e. The standard InChI is InChI=1S/C13H14F3N3O2/c14-13(15,16)8-20-7-6-10-18-12(21-19-10)11(17)9-4-2-1-3-5-9/h1-5,11H,6-8,17H2/t11-/m0/s1. The van der Waals surface area contributed by atoms with Gasteiger partial charge >= 0.3 is 6.18 Å². The summed E-state index contributed by atoms with van der Waals surface area (Å²) >= 11 is 0. The van der Waals surface area contributed by atoms with E-state index in [-0.39, 0.29) is 24.7 Å². The second-order valence-corrected chi connectivity index (χ2v) is 4.35. The summed E-state index contributed by atoms with van der Waals surface area (Å²) in [4.78, 5) is 4.06. The highest BCUT2D eigenvalue weighted by molar-refractivity contribution is 5.22. The van der Waals surface area contributed by atoms with Crippen LogP contribution >= 0.6 is 0 Å². The molecule has 1 heterocycles. The molecule has 0 unspecified atom stereocenters. The largest absolute Gasteiger partial charge is 0.411 e. The van der Waals surface area contributed by atoms with E-state index in [2.05, 4.69) is 14.9 Å². The normalized spacial score (nSPS) is 13.3. The van der Waals surface area contributed by atoms with Gasteiger partial charge in [-0.3, -0.25) is 0 Å². The van der Waals surface area contributed by atoms with Gasteiger partial charge in [0.1, 0.15) is 12.6 Å². The van der Waals surface area contributed by atoms with E-state index in [1.807, 2.05) is 30.3 Å². The van der Waals surface area contributed by atoms with E-state index in [0.717, 1.165) is 5.56 Å². The molecular weight excluding hydrogens is 287 g/mol.